The van der Waals surface area contributed by atoms with Crippen LogP contribution in [0, 0.1) is 6.92 Å². The molecule has 0 aromatic heterocycles. The molecule has 1 N–H and O–H groups in total. The molecule has 2 aromatic carbocycles. The molecule has 36 heavy (non-hydrogen) atoms. The standard InChI is InChI=1S/C27H38ClN3O4S/c1-5-7-18-29-27(33)24(6-2)30(20-22-14-9-10-15-23(22)28)26(32)17-12-19-31(36(4,34)35)25-16-11-8-13-21(25)3/h8-11,13-16,24H,5-7,12,17-20H2,1-4H3,(H,29,33). The third-order valence-corrected chi connectivity index (χ3v) is 7.60. The molecule has 9 heteroatoms. The van der Waals surface area contributed by atoms with Crippen molar-refractivity contribution in [3.63, 3.8) is 0 Å². The van der Waals surface area contributed by atoms with E-state index in [1.165, 1.54) is 10.6 Å². The van der Waals surface area contributed by atoms with Crippen LogP contribution >= 0.6 is 11.6 Å². The fourth-order valence-electron chi connectivity index (χ4n) is 4.06. The van der Waals surface area contributed by atoms with Crippen LogP contribution in [0.5, 0.6) is 0 Å². The summed E-state index contributed by atoms with van der Waals surface area (Å²) in [5.74, 6) is -0.408. The average molecular weight is 536 g/mol. The van der Waals surface area contributed by atoms with E-state index in [1.807, 2.05) is 51.1 Å². The number of aryl methyl sites for hydroxylation is 1. The number of halogens is 1. The lowest BCUT2D eigenvalue weighted by atomic mass is 10.1. The van der Waals surface area contributed by atoms with Gasteiger partial charge in [-0.3, -0.25) is 13.9 Å². The van der Waals surface area contributed by atoms with E-state index in [0.717, 1.165) is 24.0 Å². The smallest absolute Gasteiger partial charge is 0.242 e. The lowest BCUT2D eigenvalue weighted by molar-refractivity contribution is -0.141. The Bertz CT molecular complexity index is 1120. The Labute approximate surface area is 220 Å². The van der Waals surface area contributed by atoms with Gasteiger partial charge in [-0.05, 0) is 49.4 Å². The lowest BCUT2D eigenvalue weighted by Crippen LogP contribution is -2.49. The first-order valence-corrected chi connectivity index (χ1v) is 14.7. The second-order valence-corrected chi connectivity index (χ2v) is 11.2. The van der Waals surface area contributed by atoms with Crippen molar-refractivity contribution in [2.75, 3.05) is 23.7 Å². The molecule has 1 atom stereocenters. The number of carbonyl (C=O) groups excluding carboxylic acids is 2. The first-order chi connectivity index (χ1) is 17.1. The maximum atomic E-state index is 13.5. The Morgan fingerprint density at radius 3 is 2.31 bits per heavy atom. The summed E-state index contributed by atoms with van der Waals surface area (Å²) in [4.78, 5) is 28.0. The van der Waals surface area contributed by atoms with E-state index in [-0.39, 0.29) is 31.3 Å². The van der Waals surface area contributed by atoms with Gasteiger partial charge in [0, 0.05) is 31.1 Å². The second kappa shape index (κ2) is 14.2. The summed E-state index contributed by atoms with van der Waals surface area (Å²) in [6.45, 7) is 6.70. The predicted octanol–water partition coefficient (Wildman–Crippen LogP) is 4.92. The monoisotopic (exact) mass is 535 g/mol. The Morgan fingerprint density at radius 1 is 1.03 bits per heavy atom. The van der Waals surface area contributed by atoms with Crippen molar-refractivity contribution in [2.45, 2.75) is 65.5 Å². The highest BCUT2D eigenvalue weighted by atomic mass is 35.5. The zero-order chi connectivity index (χ0) is 26.7. The number of hydrogen-bond donors (Lipinski definition) is 1. The van der Waals surface area contributed by atoms with Gasteiger partial charge in [-0.2, -0.15) is 0 Å². The molecule has 0 aliphatic carbocycles. The minimum absolute atomic E-state index is 0.0983. The van der Waals surface area contributed by atoms with Gasteiger partial charge >= 0.3 is 0 Å². The number of rotatable bonds is 14. The van der Waals surface area contributed by atoms with E-state index in [2.05, 4.69) is 5.32 Å². The van der Waals surface area contributed by atoms with E-state index in [0.29, 0.717) is 30.1 Å². The van der Waals surface area contributed by atoms with Crippen molar-refractivity contribution in [3.05, 3.63) is 64.7 Å². The fourth-order valence-corrected chi connectivity index (χ4v) is 5.28. The largest absolute Gasteiger partial charge is 0.354 e. The number of nitrogens with one attached hydrogen (secondary N) is 1. The quantitative estimate of drug-likeness (QED) is 0.348. The van der Waals surface area contributed by atoms with Crippen LogP contribution in [-0.2, 0) is 26.2 Å². The molecular formula is C27H38ClN3O4S. The first-order valence-electron chi connectivity index (χ1n) is 12.4. The Hall–Kier alpha value is -2.58. The van der Waals surface area contributed by atoms with Crippen molar-refractivity contribution in [2.24, 2.45) is 0 Å². The number of unbranched alkanes of at least 4 members (excludes halogenated alkanes) is 1. The molecule has 1 unspecified atom stereocenters. The molecule has 0 aliphatic heterocycles. The molecule has 0 heterocycles. The topological polar surface area (TPSA) is 86.8 Å². The summed E-state index contributed by atoms with van der Waals surface area (Å²) in [5, 5.41) is 3.47. The summed E-state index contributed by atoms with van der Waals surface area (Å²) in [7, 11) is -3.53. The molecule has 7 nitrogen and oxygen atoms in total. The molecular weight excluding hydrogens is 498 g/mol. The SMILES string of the molecule is CCCCNC(=O)C(CC)N(Cc1ccccc1Cl)C(=O)CCCN(c1ccccc1C)S(C)(=O)=O. The number of sulfonamides is 1. The van der Waals surface area contributed by atoms with Crippen molar-refractivity contribution >= 4 is 39.1 Å². The van der Waals surface area contributed by atoms with Crippen LogP contribution in [-0.4, -0.2) is 50.5 Å². The zero-order valence-corrected chi connectivity index (χ0v) is 23.2. The highest BCUT2D eigenvalue weighted by Crippen LogP contribution is 2.24. The van der Waals surface area contributed by atoms with E-state index >= 15 is 0 Å². The van der Waals surface area contributed by atoms with Crippen molar-refractivity contribution < 1.29 is 18.0 Å². The van der Waals surface area contributed by atoms with Crippen LogP contribution in [0.25, 0.3) is 0 Å². The van der Waals surface area contributed by atoms with Crippen LogP contribution < -0.4 is 9.62 Å². The summed E-state index contributed by atoms with van der Waals surface area (Å²) in [5.41, 5.74) is 2.19. The van der Waals surface area contributed by atoms with E-state index < -0.39 is 16.1 Å². The van der Waals surface area contributed by atoms with Gasteiger partial charge in [0.25, 0.3) is 0 Å². The van der Waals surface area contributed by atoms with Crippen molar-refractivity contribution in [3.8, 4) is 0 Å². The molecule has 0 radical (unpaired) electrons. The molecule has 2 rings (SSSR count). The molecule has 0 fully saturated rings. The summed E-state index contributed by atoms with van der Waals surface area (Å²) < 4.78 is 26.3. The maximum absolute atomic E-state index is 13.5. The lowest BCUT2D eigenvalue weighted by Gasteiger charge is -2.31. The zero-order valence-electron chi connectivity index (χ0n) is 21.7. The number of amides is 2. The summed E-state index contributed by atoms with van der Waals surface area (Å²) >= 11 is 6.37. The van der Waals surface area contributed by atoms with Crippen molar-refractivity contribution in [1.82, 2.24) is 10.2 Å². The molecule has 0 bridgehead atoms. The summed E-state index contributed by atoms with van der Waals surface area (Å²) in [6.07, 6.45) is 3.84. The first kappa shape index (κ1) is 29.6. The van der Waals surface area contributed by atoms with Gasteiger partial charge in [0.2, 0.25) is 21.8 Å². The van der Waals surface area contributed by atoms with Crippen LogP contribution in [0.4, 0.5) is 5.69 Å². The van der Waals surface area contributed by atoms with Gasteiger partial charge in [-0.15, -0.1) is 0 Å². The normalized spacial score (nSPS) is 12.1. The molecule has 0 spiro atoms. The van der Waals surface area contributed by atoms with Crippen LogP contribution in [0.1, 0.15) is 57.1 Å². The van der Waals surface area contributed by atoms with Gasteiger partial charge in [0.05, 0.1) is 11.9 Å². The van der Waals surface area contributed by atoms with Crippen LogP contribution in [0.2, 0.25) is 5.02 Å². The third kappa shape index (κ3) is 8.52. The average Bonchev–Trinajstić information content (AvgIpc) is 2.83. The summed E-state index contributed by atoms with van der Waals surface area (Å²) in [6, 6.07) is 13.9. The van der Waals surface area contributed by atoms with Gasteiger partial charge in [-0.25, -0.2) is 8.42 Å². The van der Waals surface area contributed by atoms with Gasteiger partial charge in [-0.1, -0.05) is 68.3 Å². The number of anilines is 1. The number of hydrogen-bond acceptors (Lipinski definition) is 4. The molecule has 0 saturated carbocycles. The minimum atomic E-state index is -3.53. The highest BCUT2D eigenvalue weighted by molar-refractivity contribution is 7.92. The highest BCUT2D eigenvalue weighted by Gasteiger charge is 2.29. The minimum Gasteiger partial charge on any atom is -0.354 e. The molecule has 0 saturated heterocycles. The number of para-hydroxylation sites is 1. The molecule has 2 aromatic rings. The van der Waals surface area contributed by atoms with Gasteiger partial charge in [0.15, 0.2) is 0 Å². The third-order valence-electron chi connectivity index (χ3n) is 6.05. The van der Waals surface area contributed by atoms with E-state index in [9.17, 15) is 18.0 Å². The Morgan fingerprint density at radius 2 is 1.69 bits per heavy atom. The molecule has 0 aliphatic rings. The van der Waals surface area contributed by atoms with Crippen LogP contribution in [0.15, 0.2) is 48.5 Å². The maximum Gasteiger partial charge on any atom is 0.242 e. The van der Waals surface area contributed by atoms with Crippen LogP contribution in [0.3, 0.4) is 0 Å². The number of carbonyl (C=O) groups is 2. The number of nitrogens with zero attached hydrogens (tertiary/aromatic N) is 2. The Balaban J connectivity index is 2.22. The fraction of sp³-hybridized carbons (Fsp3) is 0.481. The van der Waals surface area contributed by atoms with Gasteiger partial charge in [0.1, 0.15) is 6.04 Å². The number of benzene rings is 2. The second-order valence-electron chi connectivity index (χ2n) is 8.91. The Kier molecular flexibility index (Phi) is 11.7. The van der Waals surface area contributed by atoms with E-state index in [4.69, 9.17) is 11.6 Å². The van der Waals surface area contributed by atoms with E-state index in [1.54, 1.807) is 23.1 Å². The van der Waals surface area contributed by atoms with Gasteiger partial charge < -0.3 is 10.2 Å². The molecule has 198 valence electrons. The molecule has 2 amide bonds. The van der Waals surface area contributed by atoms with Crippen molar-refractivity contribution in [1.29, 1.82) is 0 Å². The predicted molar refractivity (Wildman–Crippen MR) is 147 cm³/mol.